The van der Waals surface area contributed by atoms with Crippen LogP contribution in [0.25, 0.3) is 11.0 Å². The van der Waals surface area contributed by atoms with Gasteiger partial charge in [0.15, 0.2) is 5.65 Å². The number of nitrogens with one attached hydrogen (secondary N) is 1. The van der Waals surface area contributed by atoms with E-state index in [1.54, 1.807) is 43.6 Å². The molecule has 8 nitrogen and oxygen atoms in total. The highest BCUT2D eigenvalue weighted by Crippen LogP contribution is 2.24. The predicted octanol–water partition coefficient (Wildman–Crippen LogP) is 3.94. The van der Waals surface area contributed by atoms with Crippen molar-refractivity contribution >= 4 is 16.9 Å². The van der Waals surface area contributed by atoms with Crippen LogP contribution in [0.4, 0.5) is 13.2 Å². The number of carbonyl (C=O) groups is 1. The Morgan fingerprint density at radius 3 is 2.51 bits per heavy atom. The van der Waals surface area contributed by atoms with E-state index in [0.717, 1.165) is 17.7 Å². The zero-order valence-corrected chi connectivity index (χ0v) is 18.5. The molecule has 0 radical (unpaired) electrons. The van der Waals surface area contributed by atoms with Crippen LogP contribution in [0.15, 0.2) is 71.9 Å². The van der Waals surface area contributed by atoms with Crippen molar-refractivity contribution in [1.82, 2.24) is 24.8 Å². The largest absolute Gasteiger partial charge is 0.573 e. The molecule has 3 heterocycles. The second-order valence-electron chi connectivity index (χ2n) is 7.75. The van der Waals surface area contributed by atoms with E-state index in [2.05, 4.69) is 24.7 Å². The lowest BCUT2D eigenvalue weighted by atomic mass is 10.1. The number of rotatable bonds is 7. The van der Waals surface area contributed by atoms with Gasteiger partial charge in [-0.2, -0.15) is 0 Å². The first-order valence-corrected chi connectivity index (χ1v) is 10.6. The molecule has 1 amide bonds. The second kappa shape index (κ2) is 9.92. The molecular formula is C24H20F3N5O3. The van der Waals surface area contributed by atoms with Crippen LogP contribution in [0, 0.1) is 0 Å². The third-order valence-electron chi connectivity index (χ3n) is 5.27. The van der Waals surface area contributed by atoms with E-state index in [0.29, 0.717) is 10.9 Å². The summed E-state index contributed by atoms with van der Waals surface area (Å²) in [6.45, 7) is 1.90. The van der Waals surface area contributed by atoms with Crippen LogP contribution in [-0.4, -0.2) is 37.1 Å². The molecule has 35 heavy (non-hydrogen) atoms. The normalized spacial score (nSPS) is 12.3. The van der Waals surface area contributed by atoms with Crippen molar-refractivity contribution in [1.29, 1.82) is 0 Å². The van der Waals surface area contributed by atoms with E-state index in [1.807, 2.05) is 0 Å². The lowest BCUT2D eigenvalue weighted by Gasteiger charge is -2.29. The zero-order valence-electron chi connectivity index (χ0n) is 18.5. The summed E-state index contributed by atoms with van der Waals surface area (Å²) in [7, 11) is 0. The maximum absolute atomic E-state index is 13.4. The van der Waals surface area contributed by atoms with E-state index in [-0.39, 0.29) is 41.7 Å². The summed E-state index contributed by atoms with van der Waals surface area (Å²) in [5.74, 6) is -0.443. The van der Waals surface area contributed by atoms with E-state index in [1.165, 1.54) is 23.2 Å². The fraction of sp³-hybridized carbons (Fsp3) is 0.208. The summed E-state index contributed by atoms with van der Waals surface area (Å²) in [6.07, 6.45) is -0.140. The number of ether oxygens (including phenoxy) is 1. The summed E-state index contributed by atoms with van der Waals surface area (Å²) in [4.78, 5) is 42.8. The summed E-state index contributed by atoms with van der Waals surface area (Å²) < 4.78 is 41.1. The zero-order chi connectivity index (χ0) is 25.0. The van der Waals surface area contributed by atoms with Gasteiger partial charge in [0.2, 0.25) is 5.91 Å². The lowest BCUT2D eigenvalue weighted by molar-refractivity contribution is -0.274. The molecule has 1 N–H and O–H groups in total. The molecule has 0 aliphatic rings. The number of hydrogen-bond donors (Lipinski definition) is 1. The number of alkyl halides is 3. The Morgan fingerprint density at radius 2 is 1.83 bits per heavy atom. The van der Waals surface area contributed by atoms with Crippen LogP contribution in [-0.2, 0) is 17.8 Å². The first kappa shape index (κ1) is 23.9. The number of hydrogen-bond acceptors (Lipinski definition) is 6. The third kappa shape index (κ3) is 5.99. The van der Waals surface area contributed by atoms with Gasteiger partial charge in [-0.25, -0.2) is 9.97 Å². The summed E-state index contributed by atoms with van der Waals surface area (Å²) in [5.41, 5.74) is 1.13. The highest BCUT2D eigenvalue weighted by atomic mass is 19.4. The highest BCUT2D eigenvalue weighted by Gasteiger charge is 2.31. The first-order chi connectivity index (χ1) is 16.7. The molecule has 0 spiro atoms. The SMILES string of the molecule is CC(c1nc2ncccc2c(=O)[nH]1)N(Cc1cccnc1)C(=O)Cc1ccc(OC(F)(F)F)cc1. The van der Waals surface area contributed by atoms with Crippen LogP contribution in [0.3, 0.4) is 0 Å². The topological polar surface area (TPSA) is 101 Å². The quantitative estimate of drug-likeness (QED) is 0.427. The smallest absolute Gasteiger partial charge is 0.406 e. The van der Waals surface area contributed by atoms with E-state index < -0.39 is 12.4 Å². The molecule has 1 aromatic carbocycles. The Hall–Kier alpha value is -4.28. The number of aromatic nitrogens is 4. The van der Waals surface area contributed by atoms with Crippen LogP contribution >= 0.6 is 0 Å². The van der Waals surface area contributed by atoms with Gasteiger partial charge in [-0.05, 0) is 48.4 Å². The number of fused-ring (bicyclic) bond motifs is 1. The van der Waals surface area contributed by atoms with E-state index >= 15 is 0 Å². The Labute approximate surface area is 197 Å². The molecule has 0 fully saturated rings. The number of pyridine rings is 2. The van der Waals surface area contributed by atoms with Crippen LogP contribution in [0.1, 0.15) is 29.9 Å². The molecule has 1 atom stereocenters. The Bertz CT molecular complexity index is 1380. The van der Waals surface area contributed by atoms with Crippen molar-refractivity contribution in [2.45, 2.75) is 32.3 Å². The fourth-order valence-corrected chi connectivity index (χ4v) is 3.55. The Morgan fingerprint density at radius 1 is 1.09 bits per heavy atom. The molecule has 0 bridgehead atoms. The van der Waals surface area contributed by atoms with Gasteiger partial charge < -0.3 is 14.6 Å². The summed E-state index contributed by atoms with van der Waals surface area (Å²) >= 11 is 0. The number of carbonyl (C=O) groups excluding carboxylic acids is 1. The van der Waals surface area contributed by atoms with Gasteiger partial charge in [0.05, 0.1) is 17.8 Å². The second-order valence-corrected chi connectivity index (χ2v) is 7.75. The molecular weight excluding hydrogens is 463 g/mol. The monoisotopic (exact) mass is 483 g/mol. The van der Waals surface area contributed by atoms with Crippen molar-refractivity contribution in [2.75, 3.05) is 0 Å². The number of aromatic amines is 1. The van der Waals surface area contributed by atoms with Crippen LogP contribution in [0.5, 0.6) is 5.75 Å². The lowest BCUT2D eigenvalue weighted by Crippen LogP contribution is -2.36. The molecule has 4 aromatic rings. The van der Waals surface area contributed by atoms with Gasteiger partial charge in [0.25, 0.3) is 5.56 Å². The molecule has 3 aromatic heterocycles. The minimum absolute atomic E-state index is 0.0903. The molecule has 0 saturated heterocycles. The number of amides is 1. The maximum Gasteiger partial charge on any atom is 0.573 e. The number of halogens is 3. The molecule has 180 valence electrons. The minimum Gasteiger partial charge on any atom is -0.406 e. The highest BCUT2D eigenvalue weighted by molar-refractivity contribution is 5.79. The summed E-state index contributed by atoms with van der Waals surface area (Å²) in [5, 5.41) is 0.328. The maximum atomic E-state index is 13.4. The van der Waals surface area contributed by atoms with Crippen LogP contribution in [0.2, 0.25) is 0 Å². The Kier molecular flexibility index (Phi) is 6.76. The molecule has 1 unspecified atom stereocenters. The Balaban J connectivity index is 1.61. The van der Waals surface area contributed by atoms with Crippen molar-refractivity contribution in [3.8, 4) is 5.75 Å². The molecule has 0 aliphatic carbocycles. The molecule has 4 rings (SSSR count). The van der Waals surface area contributed by atoms with E-state index in [9.17, 15) is 22.8 Å². The van der Waals surface area contributed by atoms with Crippen molar-refractivity contribution < 1.29 is 22.7 Å². The molecule has 0 saturated carbocycles. The number of nitrogens with zero attached hydrogens (tertiary/aromatic N) is 4. The summed E-state index contributed by atoms with van der Waals surface area (Å²) in [6, 6.07) is 11.2. The standard InChI is InChI=1S/C24H20F3N5O3/c1-15(21-30-22-19(23(34)31-21)5-3-11-29-22)32(14-17-4-2-10-28-13-17)20(33)12-16-6-8-18(9-7-16)35-24(25,26)27/h2-11,13,15H,12,14H2,1H3,(H,29,30,31,34). The van der Waals surface area contributed by atoms with Crippen molar-refractivity contribution in [2.24, 2.45) is 0 Å². The number of H-pyrrole nitrogens is 1. The average molecular weight is 483 g/mol. The van der Waals surface area contributed by atoms with E-state index in [4.69, 9.17) is 0 Å². The van der Waals surface area contributed by atoms with Gasteiger partial charge in [-0.15, -0.1) is 13.2 Å². The van der Waals surface area contributed by atoms with Gasteiger partial charge >= 0.3 is 6.36 Å². The average Bonchev–Trinajstić information content (AvgIpc) is 2.83. The van der Waals surface area contributed by atoms with Gasteiger partial charge in [-0.1, -0.05) is 18.2 Å². The van der Waals surface area contributed by atoms with Gasteiger partial charge in [0.1, 0.15) is 11.6 Å². The van der Waals surface area contributed by atoms with Crippen molar-refractivity contribution in [3.63, 3.8) is 0 Å². The predicted molar refractivity (Wildman–Crippen MR) is 120 cm³/mol. The first-order valence-electron chi connectivity index (χ1n) is 10.6. The fourth-order valence-electron chi connectivity index (χ4n) is 3.55. The molecule has 0 aliphatic heterocycles. The minimum atomic E-state index is -4.80. The van der Waals surface area contributed by atoms with Crippen LogP contribution < -0.4 is 10.3 Å². The third-order valence-corrected chi connectivity index (χ3v) is 5.27. The van der Waals surface area contributed by atoms with Crippen molar-refractivity contribution in [3.05, 3.63) is 94.4 Å². The molecule has 11 heteroatoms. The van der Waals surface area contributed by atoms with Gasteiger partial charge in [-0.3, -0.25) is 14.6 Å². The number of benzene rings is 1. The van der Waals surface area contributed by atoms with Gasteiger partial charge in [0, 0.05) is 25.1 Å².